The van der Waals surface area contributed by atoms with Gasteiger partial charge >= 0.3 is 5.97 Å². The summed E-state index contributed by atoms with van der Waals surface area (Å²) in [5.41, 5.74) is 1.90. The summed E-state index contributed by atoms with van der Waals surface area (Å²) in [5.74, 6) is -1.09. The van der Waals surface area contributed by atoms with Crippen molar-refractivity contribution < 1.29 is 19.1 Å². The lowest BCUT2D eigenvalue weighted by Gasteiger charge is -2.21. The van der Waals surface area contributed by atoms with Gasteiger partial charge in [0.2, 0.25) is 6.10 Å². The van der Waals surface area contributed by atoms with Crippen LogP contribution in [0.5, 0.6) is 0 Å². The molecule has 1 atom stereocenters. The van der Waals surface area contributed by atoms with Crippen molar-refractivity contribution in [1.29, 1.82) is 0 Å². The monoisotopic (exact) mass is 387 g/mol. The van der Waals surface area contributed by atoms with Gasteiger partial charge in [-0.2, -0.15) is 0 Å². The first-order chi connectivity index (χ1) is 14.0. The molecule has 0 heterocycles. The summed E-state index contributed by atoms with van der Waals surface area (Å²) in [6, 6.07) is 24.0. The highest BCUT2D eigenvalue weighted by molar-refractivity contribution is 6.09. The highest BCUT2D eigenvalue weighted by Gasteiger charge is 2.27. The smallest absolute Gasteiger partial charge is 0.339 e. The van der Waals surface area contributed by atoms with Crippen LogP contribution in [0, 0.1) is 0 Å². The minimum atomic E-state index is -1.04. The van der Waals surface area contributed by atoms with Crippen LogP contribution in [-0.4, -0.2) is 36.7 Å². The van der Waals surface area contributed by atoms with Crippen molar-refractivity contribution in [2.45, 2.75) is 6.10 Å². The fourth-order valence-corrected chi connectivity index (χ4v) is 2.81. The molecule has 1 amide bonds. The van der Waals surface area contributed by atoms with Crippen LogP contribution in [0.25, 0.3) is 0 Å². The molecule has 5 heteroatoms. The maximum atomic E-state index is 12.6. The minimum absolute atomic E-state index is 0.129. The van der Waals surface area contributed by atoms with Crippen molar-refractivity contribution in [2.24, 2.45) is 0 Å². The summed E-state index contributed by atoms with van der Waals surface area (Å²) in [6.45, 7) is 0. The Morgan fingerprint density at radius 2 is 1.17 bits per heavy atom. The van der Waals surface area contributed by atoms with Gasteiger partial charge in [-0.1, -0.05) is 72.8 Å². The number of carbonyl (C=O) groups excluding carboxylic acids is 3. The number of carbonyl (C=O) groups is 3. The number of ketones is 1. The van der Waals surface area contributed by atoms with Crippen LogP contribution in [0.1, 0.15) is 37.9 Å². The van der Waals surface area contributed by atoms with Gasteiger partial charge in [-0.15, -0.1) is 0 Å². The molecule has 0 unspecified atom stereocenters. The highest BCUT2D eigenvalue weighted by atomic mass is 16.5. The SMILES string of the molecule is CN(C)C(=O)[C@H](OC(=O)c1ccc(C(=O)c2ccccc2)cc1)c1ccccc1. The zero-order valence-corrected chi connectivity index (χ0v) is 16.2. The molecule has 0 saturated carbocycles. The van der Waals surface area contributed by atoms with Crippen LogP contribution in [-0.2, 0) is 9.53 Å². The summed E-state index contributed by atoms with van der Waals surface area (Å²) in [6.07, 6.45) is -1.04. The molecule has 0 N–H and O–H groups in total. The number of amides is 1. The predicted molar refractivity (Wildman–Crippen MR) is 110 cm³/mol. The lowest BCUT2D eigenvalue weighted by molar-refractivity contribution is -0.138. The van der Waals surface area contributed by atoms with Gasteiger partial charge in [0.1, 0.15) is 0 Å². The quantitative estimate of drug-likeness (QED) is 0.475. The third-order valence-electron chi connectivity index (χ3n) is 4.41. The molecule has 3 aromatic rings. The third kappa shape index (κ3) is 4.76. The van der Waals surface area contributed by atoms with Crippen LogP contribution in [0.3, 0.4) is 0 Å². The van der Waals surface area contributed by atoms with E-state index < -0.39 is 12.1 Å². The summed E-state index contributed by atoms with van der Waals surface area (Å²) in [5, 5.41) is 0. The first kappa shape index (κ1) is 20.0. The van der Waals surface area contributed by atoms with Crippen molar-refractivity contribution in [3.05, 3.63) is 107 Å². The number of hydrogen-bond donors (Lipinski definition) is 0. The van der Waals surface area contributed by atoms with E-state index in [1.54, 1.807) is 74.8 Å². The number of esters is 1. The number of benzene rings is 3. The maximum absolute atomic E-state index is 12.6. The molecule has 0 fully saturated rings. The number of nitrogens with zero attached hydrogens (tertiary/aromatic N) is 1. The molecule has 0 aliphatic heterocycles. The lowest BCUT2D eigenvalue weighted by Crippen LogP contribution is -2.31. The van der Waals surface area contributed by atoms with E-state index in [0.717, 1.165) is 0 Å². The topological polar surface area (TPSA) is 63.7 Å². The summed E-state index contributed by atoms with van der Waals surface area (Å²) < 4.78 is 5.52. The van der Waals surface area contributed by atoms with Crippen LogP contribution in [0.4, 0.5) is 0 Å². The zero-order chi connectivity index (χ0) is 20.8. The van der Waals surface area contributed by atoms with Crippen molar-refractivity contribution in [3.63, 3.8) is 0 Å². The summed E-state index contributed by atoms with van der Waals surface area (Å²) >= 11 is 0. The van der Waals surface area contributed by atoms with E-state index in [1.165, 1.54) is 17.0 Å². The van der Waals surface area contributed by atoms with Gasteiger partial charge in [-0.3, -0.25) is 9.59 Å². The Hall–Kier alpha value is -3.73. The largest absolute Gasteiger partial charge is 0.444 e. The van der Waals surface area contributed by atoms with E-state index in [1.807, 2.05) is 12.1 Å². The standard InChI is InChI=1S/C24H21NO4/c1-25(2)23(27)22(19-11-7-4-8-12-19)29-24(28)20-15-13-18(14-16-20)21(26)17-9-5-3-6-10-17/h3-16,22H,1-2H3/t22-/m1/s1. The Balaban J connectivity index is 1.78. The van der Waals surface area contributed by atoms with Crippen molar-refractivity contribution in [2.75, 3.05) is 14.1 Å². The summed E-state index contributed by atoms with van der Waals surface area (Å²) in [7, 11) is 3.21. The van der Waals surface area contributed by atoms with Crippen LogP contribution in [0.2, 0.25) is 0 Å². The van der Waals surface area contributed by atoms with E-state index in [2.05, 4.69) is 0 Å². The lowest BCUT2D eigenvalue weighted by atomic mass is 10.0. The van der Waals surface area contributed by atoms with Crippen molar-refractivity contribution in [1.82, 2.24) is 4.90 Å². The van der Waals surface area contributed by atoms with Gasteiger partial charge in [0, 0.05) is 30.8 Å². The molecule has 29 heavy (non-hydrogen) atoms. The molecule has 0 bridgehead atoms. The van der Waals surface area contributed by atoms with E-state index >= 15 is 0 Å². The van der Waals surface area contributed by atoms with E-state index in [0.29, 0.717) is 16.7 Å². The van der Waals surface area contributed by atoms with Gasteiger partial charge in [-0.25, -0.2) is 4.79 Å². The molecule has 0 radical (unpaired) electrons. The first-order valence-electron chi connectivity index (χ1n) is 9.14. The first-order valence-corrected chi connectivity index (χ1v) is 9.14. The summed E-state index contributed by atoms with van der Waals surface area (Å²) in [4.78, 5) is 39.0. The molecule has 3 aromatic carbocycles. The van der Waals surface area contributed by atoms with Gasteiger partial charge < -0.3 is 9.64 Å². The van der Waals surface area contributed by atoms with E-state index in [9.17, 15) is 14.4 Å². The molecule has 146 valence electrons. The molecular weight excluding hydrogens is 366 g/mol. The second-order valence-corrected chi connectivity index (χ2v) is 6.70. The van der Waals surface area contributed by atoms with Gasteiger partial charge in [-0.05, 0) is 12.1 Å². The molecule has 3 rings (SSSR count). The predicted octanol–water partition coefficient (Wildman–Crippen LogP) is 3.90. The Bertz CT molecular complexity index is 996. The number of ether oxygens (including phenoxy) is 1. The highest BCUT2D eigenvalue weighted by Crippen LogP contribution is 2.21. The average molecular weight is 387 g/mol. The second kappa shape index (κ2) is 8.97. The number of likely N-dealkylation sites (N-methyl/N-ethyl adjacent to an activating group) is 1. The Labute approximate surface area is 169 Å². The maximum Gasteiger partial charge on any atom is 0.339 e. The third-order valence-corrected chi connectivity index (χ3v) is 4.41. The van der Waals surface area contributed by atoms with E-state index in [-0.39, 0.29) is 17.3 Å². The van der Waals surface area contributed by atoms with Gasteiger partial charge in [0.15, 0.2) is 5.78 Å². The van der Waals surface area contributed by atoms with Gasteiger partial charge in [0.25, 0.3) is 5.91 Å². The molecule has 0 saturated heterocycles. The molecule has 0 aromatic heterocycles. The fourth-order valence-electron chi connectivity index (χ4n) is 2.81. The Morgan fingerprint density at radius 1 is 0.690 bits per heavy atom. The fraction of sp³-hybridized carbons (Fsp3) is 0.125. The van der Waals surface area contributed by atoms with Crippen LogP contribution in [0.15, 0.2) is 84.9 Å². The molecule has 0 spiro atoms. The second-order valence-electron chi connectivity index (χ2n) is 6.70. The van der Waals surface area contributed by atoms with Crippen LogP contribution >= 0.6 is 0 Å². The van der Waals surface area contributed by atoms with Gasteiger partial charge in [0.05, 0.1) is 5.56 Å². The molecule has 5 nitrogen and oxygen atoms in total. The normalized spacial score (nSPS) is 11.4. The van der Waals surface area contributed by atoms with Crippen molar-refractivity contribution >= 4 is 17.7 Å². The number of rotatable bonds is 6. The Kier molecular flexibility index (Phi) is 6.19. The molecular formula is C24H21NO4. The van der Waals surface area contributed by atoms with E-state index in [4.69, 9.17) is 4.74 Å². The Morgan fingerprint density at radius 3 is 1.72 bits per heavy atom. The minimum Gasteiger partial charge on any atom is -0.444 e. The van der Waals surface area contributed by atoms with Crippen LogP contribution < -0.4 is 0 Å². The molecule has 0 aliphatic rings. The average Bonchev–Trinajstić information content (AvgIpc) is 2.77. The number of hydrogen-bond acceptors (Lipinski definition) is 4. The molecule has 0 aliphatic carbocycles. The zero-order valence-electron chi connectivity index (χ0n) is 16.2. The van der Waals surface area contributed by atoms with Crippen molar-refractivity contribution in [3.8, 4) is 0 Å².